The third-order valence-electron chi connectivity index (χ3n) is 6.86. The van der Waals surface area contributed by atoms with Crippen LogP contribution in [0.15, 0.2) is 12.2 Å². The fraction of sp³-hybridized carbons (Fsp3) is 0.810. The maximum absolute atomic E-state index is 13.1. The van der Waals surface area contributed by atoms with Crippen LogP contribution in [0.25, 0.3) is 0 Å². The third kappa shape index (κ3) is 6.20. The van der Waals surface area contributed by atoms with Gasteiger partial charge in [-0.1, -0.05) is 6.58 Å². The van der Waals surface area contributed by atoms with Crippen molar-refractivity contribution in [1.82, 2.24) is 0 Å². The van der Waals surface area contributed by atoms with Crippen LogP contribution >= 0.6 is 0 Å². The zero-order valence-corrected chi connectivity index (χ0v) is 23.3. The molecule has 0 aromatic heterocycles. The average molecular weight is 611 g/mol. The van der Waals surface area contributed by atoms with Gasteiger partial charge >= 0.3 is 17.4 Å². The predicted molar refractivity (Wildman–Crippen MR) is 125 cm³/mol. The highest BCUT2D eigenvalue weighted by molar-refractivity contribution is 8.24. The number of carbonyl (C=O) groups excluding carboxylic acids is 2. The quantitative estimate of drug-likeness (QED) is 0.201. The second-order valence-corrected chi connectivity index (χ2v) is 17.7. The molecule has 0 N–H and O–H groups in total. The Balaban J connectivity index is 1.81. The number of sulfone groups is 3. The minimum Gasteiger partial charge on any atom is -0.458 e. The minimum absolute atomic E-state index is 0.0147. The topological polar surface area (TPSA) is 164 Å². The molecule has 0 amide bonds. The van der Waals surface area contributed by atoms with E-state index >= 15 is 0 Å². The Morgan fingerprint density at radius 1 is 1.00 bits per heavy atom. The van der Waals surface area contributed by atoms with Gasteiger partial charge in [-0.3, -0.25) is 4.79 Å². The molecule has 0 radical (unpaired) electrons. The van der Waals surface area contributed by atoms with Crippen molar-refractivity contribution in [1.29, 1.82) is 0 Å². The molecule has 0 aliphatic heterocycles. The van der Waals surface area contributed by atoms with E-state index in [0.717, 1.165) is 6.42 Å². The molecule has 17 heteroatoms. The highest BCUT2D eigenvalue weighted by Gasteiger charge is 2.63. The predicted octanol–water partition coefficient (Wildman–Crippen LogP) is 1.78. The Kier molecular flexibility index (Phi) is 7.89. The fourth-order valence-electron chi connectivity index (χ4n) is 6.28. The molecule has 38 heavy (non-hydrogen) atoms. The molecule has 0 spiro atoms. The summed E-state index contributed by atoms with van der Waals surface area (Å²) in [4.78, 5) is 24.6. The molecule has 4 unspecified atom stereocenters. The number of rotatable bonds is 10. The summed E-state index contributed by atoms with van der Waals surface area (Å²) in [5.74, 6) is -4.17. The van der Waals surface area contributed by atoms with Crippen LogP contribution < -0.4 is 0 Å². The Morgan fingerprint density at radius 2 is 1.50 bits per heavy atom. The van der Waals surface area contributed by atoms with Crippen molar-refractivity contribution in [2.24, 2.45) is 11.8 Å². The Morgan fingerprint density at radius 3 is 1.95 bits per heavy atom. The number of ether oxygens (including phenoxy) is 3. The van der Waals surface area contributed by atoms with Crippen molar-refractivity contribution in [3.05, 3.63) is 12.2 Å². The van der Waals surface area contributed by atoms with Crippen LogP contribution in [-0.4, -0.2) is 76.1 Å². The second-order valence-electron chi connectivity index (χ2n) is 10.6. The SMILES string of the molecule is C=C(C)C(=O)OC(C)OC12CC3CC(CC(OC(=O)CS(=O)(=O)C(S(C)(=O)=O)S(=O)(=O)C(F)(F)F)(C3)C1)C2. The molecule has 0 saturated heterocycles. The minimum atomic E-state index is -6.74. The standard InChI is InChI=1S/C21H29F3O11S3/c1-12(2)17(26)33-13(3)34-19-6-14-5-15(7-19)9-20(8-14,11-19)35-16(25)10-37(29,30)18(36(4,27)28)38(31,32)21(22,23)24/h13-15,18H,1,5-11H2,2-4H3. The third-order valence-corrected chi connectivity index (χ3v) is 15.3. The van der Waals surface area contributed by atoms with E-state index in [1.807, 2.05) is 0 Å². The van der Waals surface area contributed by atoms with Gasteiger partial charge in [-0.2, -0.15) is 13.2 Å². The molecule has 4 saturated carbocycles. The number of halogens is 3. The van der Waals surface area contributed by atoms with Gasteiger partial charge in [0.25, 0.3) is 13.8 Å². The Bertz CT molecular complexity index is 1320. The maximum Gasteiger partial charge on any atom is 0.499 e. The molecule has 0 aromatic carbocycles. The number of hydrogen-bond donors (Lipinski definition) is 0. The van der Waals surface area contributed by atoms with E-state index in [1.165, 1.54) is 13.8 Å². The summed E-state index contributed by atoms with van der Waals surface area (Å²) in [5.41, 5.74) is -8.21. The van der Waals surface area contributed by atoms with Gasteiger partial charge in [0.05, 0.1) is 5.60 Å². The molecule has 0 heterocycles. The zero-order chi connectivity index (χ0) is 29.1. The van der Waals surface area contributed by atoms with Crippen molar-refractivity contribution in [3.63, 3.8) is 0 Å². The van der Waals surface area contributed by atoms with Gasteiger partial charge in [0.15, 0.2) is 25.4 Å². The number of hydrogen-bond acceptors (Lipinski definition) is 11. The van der Waals surface area contributed by atoms with Gasteiger partial charge in [0.2, 0.25) is 6.29 Å². The van der Waals surface area contributed by atoms with E-state index in [2.05, 4.69) is 6.58 Å². The molecule has 0 aromatic rings. The average Bonchev–Trinajstić information content (AvgIpc) is 2.61. The van der Waals surface area contributed by atoms with Crippen LogP contribution in [0.3, 0.4) is 0 Å². The fourth-order valence-corrected chi connectivity index (χ4v) is 13.6. The lowest BCUT2D eigenvalue weighted by atomic mass is 9.52. The van der Waals surface area contributed by atoms with Crippen molar-refractivity contribution in [3.8, 4) is 0 Å². The first-order chi connectivity index (χ1) is 17.0. The van der Waals surface area contributed by atoms with Gasteiger partial charge in [-0.15, -0.1) is 0 Å². The largest absolute Gasteiger partial charge is 0.499 e. The van der Waals surface area contributed by atoms with Crippen molar-refractivity contribution < 1.29 is 62.2 Å². The highest BCUT2D eigenvalue weighted by Crippen LogP contribution is 2.60. The van der Waals surface area contributed by atoms with Crippen molar-refractivity contribution in [2.45, 2.75) is 79.3 Å². The van der Waals surface area contributed by atoms with E-state index < -0.39 is 74.1 Å². The van der Waals surface area contributed by atoms with Crippen LogP contribution in [0, 0.1) is 11.8 Å². The molecular weight excluding hydrogens is 581 g/mol. The first kappa shape index (κ1) is 30.8. The number of alkyl halides is 3. The van der Waals surface area contributed by atoms with E-state index in [-0.39, 0.29) is 30.1 Å². The molecule has 4 rings (SSSR count). The second kappa shape index (κ2) is 9.73. The number of carbonyl (C=O) groups is 2. The first-order valence-electron chi connectivity index (χ1n) is 11.5. The van der Waals surface area contributed by atoms with Gasteiger partial charge in [0.1, 0.15) is 5.60 Å². The Hall–Kier alpha value is -1.72. The lowest BCUT2D eigenvalue weighted by Gasteiger charge is -2.60. The van der Waals surface area contributed by atoms with Crippen LogP contribution in [0.5, 0.6) is 0 Å². The summed E-state index contributed by atoms with van der Waals surface area (Å²) in [6, 6.07) is 0. The summed E-state index contributed by atoms with van der Waals surface area (Å²) in [7, 11) is -17.8. The summed E-state index contributed by atoms with van der Waals surface area (Å²) in [5, 5.41) is 0. The van der Waals surface area contributed by atoms with Crippen LogP contribution in [0.4, 0.5) is 13.2 Å². The van der Waals surface area contributed by atoms with Gasteiger partial charge < -0.3 is 14.2 Å². The normalized spacial score (nSPS) is 30.9. The van der Waals surface area contributed by atoms with Gasteiger partial charge in [-0.05, 0) is 57.8 Å². The van der Waals surface area contributed by atoms with Crippen LogP contribution in [0.2, 0.25) is 0 Å². The Labute approximate surface area is 218 Å². The summed E-state index contributed by atoms with van der Waals surface area (Å²) in [6.07, 6.45) is 1.55. The first-order valence-corrected chi connectivity index (χ1v) is 16.7. The lowest BCUT2D eigenvalue weighted by Crippen LogP contribution is -2.62. The molecular formula is C21H29F3O11S3. The smallest absolute Gasteiger partial charge is 0.458 e. The van der Waals surface area contributed by atoms with Crippen molar-refractivity contribution in [2.75, 3.05) is 12.0 Å². The van der Waals surface area contributed by atoms with Crippen molar-refractivity contribution >= 4 is 41.5 Å². The molecule has 4 fully saturated rings. The van der Waals surface area contributed by atoms with Crippen LogP contribution in [0.1, 0.15) is 52.4 Å². The highest BCUT2D eigenvalue weighted by atomic mass is 32.3. The van der Waals surface area contributed by atoms with E-state index in [1.54, 1.807) is 0 Å². The maximum atomic E-state index is 13.1. The molecule has 11 nitrogen and oxygen atoms in total. The van der Waals surface area contributed by atoms with Gasteiger partial charge in [-0.25, -0.2) is 30.0 Å². The molecule has 4 aliphatic carbocycles. The van der Waals surface area contributed by atoms with E-state index in [9.17, 15) is 48.0 Å². The monoisotopic (exact) mass is 610 g/mol. The van der Waals surface area contributed by atoms with E-state index in [0.29, 0.717) is 25.7 Å². The summed E-state index contributed by atoms with van der Waals surface area (Å²) >= 11 is 0. The molecule has 4 bridgehead atoms. The lowest BCUT2D eigenvalue weighted by molar-refractivity contribution is -0.273. The molecule has 4 aliphatic rings. The summed E-state index contributed by atoms with van der Waals surface area (Å²) in [6.45, 7) is 6.44. The van der Waals surface area contributed by atoms with E-state index in [4.69, 9.17) is 14.2 Å². The van der Waals surface area contributed by atoms with Gasteiger partial charge in [0, 0.05) is 18.2 Å². The summed E-state index contributed by atoms with van der Waals surface area (Å²) < 4.78 is 125. The molecule has 218 valence electrons. The molecule has 4 atom stereocenters. The van der Waals surface area contributed by atoms with Crippen LogP contribution in [-0.2, 0) is 53.3 Å². The zero-order valence-electron chi connectivity index (χ0n) is 20.8. The number of esters is 2.